The lowest BCUT2D eigenvalue weighted by molar-refractivity contribution is -0.152. The van der Waals surface area contributed by atoms with Gasteiger partial charge in [0.2, 0.25) is 0 Å². The van der Waals surface area contributed by atoms with Gasteiger partial charge >= 0.3 is 12.1 Å². The van der Waals surface area contributed by atoms with E-state index in [1.807, 2.05) is 0 Å². The summed E-state index contributed by atoms with van der Waals surface area (Å²) in [5.74, 6) is -2.32. The fraction of sp³-hybridized carbons (Fsp3) is 0.250. The minimum absolute atomic E-state index is 0.384. The summed E-state index contributed by atoms with van der Waals surface area (Å²) in [6, 6.07) is 11.2. The van der Waals surface area contributed by atoms with Gasteiger partial charge in [-0.2, -0.15) is 13.2 Å². The van der Waals surface area contributed by atoms with Crippen LogP contribution in [0.15, 0.2) is 48.5 Å². The summed E-state index contributed by atoms with van der Waals surface area (Å²) >= 11 is 0. The molecule has 154 valence electrons. The minimum atomic E-state index is -4.65. The largest absolute Gasteiger partial charge is 0.451 e. The van der Waals surface area contributed by atoms with Crippen molar-refractivity contribution >= 4 is 23.5 Å². The first-order valence-electron chi connectivity index (χ1n) is 8.60. The predicted molar refractivity (Wildman–Crippen MR) is 99.1 cm³/mol. The zero-order chi connectivity index (χ0) is 21.6. The van der Waals surface area contributed by atoms with Gasteiger partial charge in [0.1, 0.15) is 6.54 Å². The normalized spacial score (nSPS) is 12.0. The van der Waals surface area contributed by atoms with Gasteiger partial charge in [0, 0.05) is 5.56 Å². The molecule has 1 atom stereocenters. The first-order valence-corrected chi connectivity index (χ1v) is 8.60. The van der Waals surface area contributed by atoms with Gasteiger partial charge in [0.15, 0.2) is 6.10 Å². The lowest BCUT2D eigenvalue weighted by Crippen LogP contribution is -2.36. The van der Waals surface area contributed by atoms with Gasteiger partial charge in [0.05, 0.1) is 11.3 Å². The number of aryl methyl sites for hydroxylation is 1. The van der Waals surface area contributed by atoms with Crippen LogP contribution < -0.4 is 10.6 Å². The molecule has 0 saturated heterocycles. The molecule has 0 heterocycles. The minimum Gasteiger partial charge on any atom is -0.451 e. The first kappa shape index (κ1) is 21.9. The molecule has 0 aliphatic rings. The molecule has 6 nitrogen and oxygen atoms in total. The molecule has 0 aromatic heterocycles. The molecular formula is C20H19F3N2O4. The van der Waals surface area contributed by atoms with E-state index in [1.54, 1.807) is 31.2 Å². The Balaban J connectivity index is 1.91. The molecule has 9 heteroatoms. The molecule has 2 aromatic rings. The average molecular weight is 408 g/mol. The lowest BCUT2D eigenvalue weighted by Gasteiger charge is -2.17. The van der Waals surface area contributed by atoms with Crippen LogP contribution in [0.4, 0.5) is 18.9 Å². The van der Waals surface area contributed by atoms with Crippen LogP contribution in [0.5, 0.6) is 0 Å². The Hall–Kier alpha value is -3.36. The van der Waals surface area contributed by atoms with Crippen LogP contribution in [0.3, 0.4) is 0 Å². The Bertz CT molecular complexity index is 913. The molecule has 0 fully saturated rings. The number of esters is 1. The Labute approximate surface area is 165 Å². The maximum absolute atomic E-state index is 13.0. The third-order valence-electron chi connectivity index (χ3n) is 3.95. The Kier molecular flexibility index (Phi) is 6.98. The van der Waals surface area contributed by atoms with Crippen molar-refractivity contribution in [3.63, 3.8) is 0 Å². The zero-order valence-electron chi connectivity index (χ0n) is 15.7. The molecule has 0 radical (unpaired) electrons. The van der Waals surface area contributed by atoms with Crippen molar-refractivity contribution in [3.05, 3.63) is 65.2 Å². The number of alkyl halides is 3. The average Bonchev–Trinajstić information content (AvgIpc) is 2.66. The van der Waals surface area contributed by atoms with Crippen molar-refractivity contribution < 1.29 is 32.3 Å². The molecule has 0 aliphatic carbocycles. The Morgan fingerprint density at radius 3 is 2.31 bits per heavy atom. The van der Waals surface area contributed by atoms with E-state index in [4.69, 9.17) is 4.74 Å². The third-order valence-corrected chi connectivity index (χ3v) is 3.95. The molecule has 2 aromatic carbocycles. The number of carbonyl (C=O) groups excluding carboxylic acids is 3. The molecule has 2 amide bonds. The molecule has 1 unspecified atom stereocenters. The van der Waals surface area contributed by atoms with E-state index in [0.29, 0.717) is 5.56 Å². The van der Waals surface area contributed by atoms with E-state index < -0.39 is 47.9 Å². The van der Waals surface area contributed by atoms with Crippen molar-refractivity contribution in [2.24, 2.45) is 0 Å². The van der Waals surface area contributed by atoms with Gasteiger partial charge in [-0.3, -0.25) is 14.4 Å². The van der Waals surface area contributed by atoms with Crippen molar-refractivity contribution in [3.8, 4) is 0 Å². The second-order valence-electron chi connectivity index (χ2n) is 6.16. The number of amides is 2. The number of nitrogens with one attached hydrogen (secondary N) is 2. The van der Waals surface area contributed by atoms with Crippen molar-refractivity contribution in [2.75, 3.05) is 11.9 Å². The van der Waals surface area contributed by atoms with E-state index in [-0.39, 0.29) is 0 Å². The van der Waals surface area contributed by atoms with E-state index in [0.717, 1.165) is 17.7 Å². The fourth-order valence-electron chi connectivity index (χ4n) is 2.44. The number of halogens is 3. The van der Waals surface area contributed by atoms with E-state index in [1.165, 1.54) is 19.1 Å². The topological polar surface area (TPSA) is 84.5 Å². The monoisotopic (exact) mass is 408 g/mol. The summed E-state index contributed by atoms with van der Waals surface area (Å²) in [6.07, 6.45) is -6.01. The summed E-state index contributed by atoms with van der Waals surface area (Å²) in [4.78, 5) is 36.0. The van der Waals surface area contributed by atoms with Crippen LogP contribution in [-0.2, 0) is 20.5 Å². The van der Waals surface area contributed by atoms with Crippen molar-refractivity contribution in [2.45, 2.75) is 26.1 Å². The second-order valence-corrected chi connectivity index (χ2v) is 6.16. The molecule has 0 spiro atoms. The number of hydrogen-bond acceptors (Lipinski definition) is 4. The number of para-hydroxylation sites is 1. The molecule has 2 rings (SSSR count). The summed E-state index contributed by atoms with van der Waals surface area (Å²) in [5, 5.41) is 4.47. The Morgan fingerprint density at radius 1 is 1.03 bits per heavy atom. The van der Waals surface area contributed by atoms with Crippen LogP contribution in [0, 0.1) is 6.92 Å². The molecule has 0 aliphatic heterocycles. The van der Waals surface area contributed by atoms with Crippen molar-refractivity contribution in [1.82, 2.24) is 5.32 Å². The Morgan fingerprint density at radius 2 is 1.66 bits per heavy atom. The van der Waals surface area contributed by atoms with E-state index in [9.17, 15) is 27.6 Å². The van der Waals surface area contributed by atoms with Crippen LogP contribution >= 0.6 is 0 Å². The van der Waals surface area contributed by atoms with Crippen molar-refractivity contribution in [1.29, 1.82) is 0 Å². The molecule has 29 heavy (non-hydrogen) atoms. The number of anilines is 1. The quantitative estimate of drug-likeness (QED) is 0.719. The van der Waals surface area contributed by atoms with Crippen LogP contribution in [0.25, 0.3) is 0 Å². The van der Waals surface area contributed by atoms with Gasteiger partial charge in [0.25, 0.3) is 11.8 Å². The number of rotatable bonds is 6. The van der Waals surface area contributed by atoms with Gasteiger partial charge in [-0.1, -0.05) is 30.3 Å². The van der Waals surface area contributed by atoms with Crippen LogP contribution in [0.2, 0.25) is 0 Å². The van der Waals surface area contributed by atoms with Gasteiger partial charge in [-0.05, 0) is 37.6 Å². The highest BCUT2D eigenvalue weighted by Crippen LogP contribution is 2.34. The number of hydrogen-bond donors (Lipinski definition) is 2. The summed E-state index contributed by atoms with van der Waals surface area (Å²) in [7, 11) is 0. The summed E-state index contributed by atoms with van der Waals surface area (Å²) in [5.41, 5.74) is -0.359. The fourth-order valence-corrected chi connectivity index (χ4v) is 2.44. The highest BCUT2D eigenvalue weighted by atomic mass is 19.4. The zero-order valence-corrected chi connectivity index (χ0v) is 15.7. The van der Waals surface area contributed by atoms with Gasteiger partial charge in [-0.15, -0.1) is 0 Å². The summed E-state index contributed by atoms with van der Waals surface area (Å²) < 4.78 is 43.8. The first-order chi connectivity index (χ1) is 13.6. The van der Waals surface area contributed by atoms with Gasteiger partial charge in [-0.25, -0.2) is 0 Å². The maximum Gasteiger partial charge on any atom is 0.418 e. The lowest BCUT2D eigenvalue weighted by atomic mass is 10.1. The van der Waals surface area contributed by atoms with Crippen LogP contribution in [0.1, 0.15) is 28.4 Å². The highest BCUT2D eigenvalue weighted by Gasteiger charge is 2.34. The predicted octanol–water partition coefficient (Wildman–Crippen LogP) is 3.31. The number of ether oxygens (including phenoxy) is 1. The number of carbonyl (C=O) groups is 3. The molecule has 2 N–H and O–H groups in total. The number of benzene rings is 2. The maximum atomic E-state index is 13.0. The smallest absolute Gasteiger partial charge is 0.418 e. The van der Waals surface area contributed by atoms with E-state index in [2.05, 4.69) is 10.6 Å². The van der Waals surface area contributed by atoms with Gasteiger partial charge < -0.3 is 15.4 Å². The second kappa shape index (κ2) is 9.22. The molecule has 0 bridgehead atoms. The van der Waals surface area contributed by atoms with Crippen LogP contribution in [-0.4, -0.2) is 30.4 Å². The SMILES string of the molecule is Cc1ccccc1C(=O)NCC(=O)OC(C)C(=O)Nc1ccccc1C(F)(F)F. The highest BCUT2D eigenvalue weighted by molar-refractivity contribution is 5.98. The molecular weight excluding hydrogens is 389 g/mol. The van der Waals surface area contributed by atoms with E-state index >= 15 is 0 Å². The molecule has 0 saturated carbocycles. The third kappa shape index (κ3) is 6.06. The summed E-state index contributed by atoms with van der Waals surface area (Å²) in [6.45, 7) is 2.45. The standard InChI is InChI=1S/C20H19F3N2O4/c1-12-7-3-4-8-14(12)19(28)24-11-17(26)29-13(2)18(27)25-16-10-6-5-9-15(16)20(21,22)23/h3-10,13H,11H2,1-2H3,(H,24,28)(H,25,27).